The van der Waals surface area contributed by atoms with E-state index in [0.29, 0.717) is 11.9 Å². The monoisotopic (exact) mass is 415 g/mol. The van der Waals surface area contributed by atoms with Gasteiger partial charge in [-0.1, -0.05) is 26.3 Å². The van der Waals surface area contributed by atoms with Gasteiger partial charge >= 0.3 is 0 Å². The van der Waals surface area contributed by atoms with E-state index in [9.17, 15) is 0 Å². The smallest absolute Gasteiger partial charge is 0.220 e. The van der Waals surface area contributed by atoms with Crippen LogP contribution in [0.4, 0.5) is 5.69 Å². The van der Waals surface area contributed by atoms with Crippen molar-refractivity contribution in [3.63, 3.8) is 0 Å². The second-order valence-electron chi connectivity index (χ2n) is 8.88. The van der Waals surface area contributed by atoms with Gasteiger partial charge in [0.15, 0.2) is 0 Å². The normalized spacial score (nSPS) is 18.5. The summed E-state index contributed by atoms with van der Waals surface area (Å²) in [5, 5.41) is 0. The van der Waals surface area contributed by atoms with Crippen molar-refractivity contribution in [2.45, 2.75) is 57.5 Å². The van der Waals surface area contributed by atoms with Crippen molar-refractivity contribution in [2.75, 3.05) is 4.90 Å². The predicted molar refractivity (Wildman–Crippen MR) is 127 cm³/mol. The number of aromatic amines is 1. The largest absolute Gasteiger partial charge is 0.369 e. The van der Waals surface area contributed by atoms with Crippen molar-refractivity contribution >= 4 is 28.6 Å². The molecular formula is C24H29N7. The molecule has 2 heterocycles. The van der Waals surface area contributed by atoms with Gasteiger partial charge < -0.3 is 16.5 Å². The van der Waals surface area contributed by atoms with Gasteiger partial charge in [0.1, 0.15) is 11.5 Å². The fourth-order valence-corrected chi connectivity index (χ4v) is 4.79. The first-order valence-corrected chi connectivity index (χ1v) is 11.0. The molecule has 1 saturated carbocycles. The van der Waals surface area contributed by atoms with Gasteiger partial charge in [0, 0.05) is 11.3 Å². The summed E-state index contributed by atoms with van der Waals surface area (Å²) in [7, 11) is 0. The summed E-state index contributed by atoms with van der Waals surface area (Å²) in [4.78, 5) is 19.3. The van der Waals surface area contributed by atoms with E-state index in [-0.39, 0.29) is 5.96 Å². The molecule has 5 rings (SSSR count). The Balaban J connectivity index is 1.48. The van der Waals surface area contributed by atoms with Gasteiger partial charge in [-0.15, -0.1) is 0 Å². The molecule has 7 nitrogen and oxygen atoms in total. The molecule has 3 aromatic rings. The van der Waals surface area contributed by atoms with Crippen molar-refractivity contribution in [2.24, 2.45) is 21.5 Å². The van der Waals surface area contributed by atoms with Crippen LogP contribution in [0.1, 0.15) is 57.4 Å². The summed E-state index contributed by atoms with van der Waals surface area (Å²) in [5.41, 5.74) is 17.2. The highest BCUT2D eigenvalue weighted by molar-refractivity contribution is 6.05. The lowest BCUT2D eigenvalue weighted by Gasteiger charge is -2.45. The summed E-state index contributed by atoms with van der Waals surface area (Å²) < 4.78 is 0. The number of fused-ring (bicyclic) bond motifs is 1. The second kappa shape index (κ2) is 7.41. The number of aromatic nitrogens is 2. The topological polar surface area (TPSA) is 109 Å². The Bertz CT molecular complexity index is 1160. The number of nitrogens with two attached hydrogens (primary N) is 2. The van der Waals surface area contributed by atoms with E-state index in [2.05, 4.69) is 71.2 Å². The Morgan fingerprint density at radius 2 is 1.74 bits per heavy atom. The minimum Gasteiger partial charge on any atom is -0.369 e. The molecule has 0 radical (unpaired) electrons. The van der Waals surface area contributed by atoms with Crippen LogP contribution in [-0.4, -0.2) is 27.5 Å². The molecule has 0 bridgehead atoms. The molecule has 0 saturated heterocycles. The van der Waals surface area contributed by atoms with E-state index in [1.54, 1.807) is 0 Å². The van der Waals surface area contributed by atoms with Crippen LogP contribution in [0.25, 0.3) is 22.4 Å². The summed E-state index contributed by atoms with van der Waals surface area (Å²) in [5.74, 6) is 2.02. The molecule has 0 unspecified atom stereocenters. The lowest BCUT2D eigenvalue weighted by Crippen LogP contribution is -2.58. The highest BCUT2D eigenvalue weighted by Gasteiger charge is 2.42. The Hall–Kier alpha value is -3.35. The number of aliphatic imine (C=N–C) groups is 2. The standard InChI is InChI=1S/C24H29N7/c1-15(2)17-8-11-19-20(14-17)28-21(27-19)16-6-9-18(10-7-16)31-23(26)29-22(25)30-24(31)12-4-3-5-13-24/h6-11,14-15H,3-5,12-13H2,1-2H3,(H,27,28)(H4,25,26,29,30). The minimum absolute atomic E-state index is 0.273. The number of benzene rings is 2. The van der Waals surface area contributed by atoms with Crippen LogP contribution < -0.4 is 16.4 Å². The molecule has 1 aliphatic carbocycles. The van der Waals surface area contributed by atoms with E-state index in [1.165, 1.54) is 12.0 Å². The van der Waals surface area contributed by atoms with Crippen LogP contribution in [0.5, 0.6) is 0 Å². The average Bonchev–Trinajstić information content (AvgIpc) is 3.17. The molecule has 2 aliphatic rings. The van der Waals surface area contributed by atoms with E-state index in [0.717, 1.165) is 53.8 Å². The van der Waals surface area contributed by atoms with E-state index < -0.39 is 5.66 Å². The van der Waals surface area contributed by atoms with Crippen molar-refractivity contribution in [3.05, 3.63) is 48.0 Å². The fourth-order valence-electron chi connectivity index (χ4n) is 4.79. The van der Waals surface area contributed by atoms with Crippen LogP contribution in [0.15, 0.2) is 52.4 Å². The van der Waals surface area contributed by atoms with Crippen molar-refractivity contribution in [1.82, 2.24) is 9.97 Å². The van der Waals surface area contributed by atoms with Gasteiger partial charge in [0.2, 0.25) is 11.9 Å². The van der Waals surface area contributed by atoms with E-state index in [1.807, 2.05) is 0 Å². The third-order valence-corrected chi connectivity index (χ3v) is 6.42. The fraction of sp³-hybridized carbons (Fsp3) is 0.375. The Morgan fingerprint density at radius 3 is 2.45 bits per heavy atom. The van der Waals surface area contributed by atoms with Crippen molar-refractivity contribution < 1.29 is 0 Å². The molecule has 0 atom stereocenters. The molecule has 1 aliphatic heterocycles. The number of anilines is 1. The highest BCUT2D eigenvalue weighted by Crippen LogP contribution is 2.39. The third-order valence-electron chi connectivity index (χ3n) is 6.42. The summed E-state index contributed by atoms with van der Waals surface area (Å²) in [6.07, 6.45) is 5.28. The first-order chi connectivity index (χ1) is 14.9. The van der Waals surface area contributed by atoms with Crippen LogP contribution in [0, 0.1) is 0 Å². The van der Waals surface area contributed by atoms with Crippen LogP contribution in [-0.2, 0) is 0 Å². The molecule has 1 fully saturated rings. The Morgan fingerprint density at radius 1 is 1.00 bits per heavy atom. The number of hydrogen-bond donors (Lipinski definition) is 3. The lowest BCUT2D eigenvalue weighted by atomic mass is 9.87. The number of rotatable bonds is 3. The number of hydrogen-bond acceptors (Lipinski definition) is 6. The maximum absolute atomic E-state index is 6.34. The molecule has 5 N–H and O–H groups in total. The van der Waals surface area contributed by atoms with Gasteiger partial charge in [0.25, 0.3) is 0 Å². The van der Waals surface area contributed by atoms with Gasteiger partial charge in [0.05, 0.1) is 11.0 Å². The molecule has 1 spiro atoms. The van der Waals surface area contributed by atoms with Crippen molar-refractivity contribution in [1.29, 1.82) is 0 Å². The zero-order valence-corrected chi connectivity index (χ0v) is 18.1. The number of imidazole rings is 1. The Labute approximate surface area is 182 Å². The summed E-state index contributed by atoms with van der Waals surface area (Å²) in [6.45, 7) is 4.40. The maximum atomic E-state index is 6.34. The van der Waals surface area contributed by atoms with E-state index in [4.69, 9.17) is 21.4 Å². The molecule has 0 amide bonds. The van der Waals surface area contributed by atoms with Gasteiger partial charge in [-0.05, 0) is 73.6 Å². The molecule has 31 heavy (non-hydrogen) atoms. The van der Waals surface area contributed by atoms with Crippen LogP contribution in [0.2, 0.25) is 0 Å². The van der Waals surface area contributed by atoms with Crippen LogP contribution >= 0.6 is 0 Å². The number of guanidine groups is 2. The zero-order valence-electron chi connectivity index (χ0n) is 18.1. The SMILES string of the molecule is CC(C)c1ccc2nc(-c3ccc(N4C(N)=NC(N)=NC45CCCCC5)cc3)[nH]c2c1. The van der Waals surface area contributed by atoms with Crippen molar-refractivity contribution in [3.8, 4) is 11.4 Å². The Kier molecular flexibility index (Phi) is 4.68. The highest BCUT2D eigenvalue weighted by atomic mass is 15.4. The lowest BCUT2D eigenvalue weighted by molar-refractivity contribution is 0.305. The average molecular weight is 416 g/mol. The number of nitrogens with one attached hydrogen (secondary N) is 1. The summed E-state index contributed by atoms with van der Waals surface area (Å²) >= 11 is 0. The maximum Gasteiger partial charge on any atom is 0.220 e. The summed E-state index contributed by atoms with van der Waals surface area (Å²) in [6, 6.07) is 14.7. The quantitative estimate of drug-likeness (QED) is 0.586. The van der Waals surface area contributed by atoms with E-state index >= 15 is 0 Å². The van der Waals surface area contributed by atoms with Gasteiger partial charge in [-0.25, -0.2) is 9.98 Å². The molecule has 160 valence electrons. The minimum atomic E-state index is -0.428. The zero-order chi connectivity index (χ0) is 21.6. The first-order valence-electron chi connectivity index (χ1n) is 11.0. The second-order valence-corrected chi connectivity index (χ2v) is 8.88. The molecule has 2 aromatic carbocycles. The van der Waals surface area contributed by atoms with Gasteiger partial charge in [-0.3, -0.25) is 4.90 Å². The predicted octanol–water partition coefficient (Wildman–Crippen LogP) is 4.46. The van der Waals surface area contributed by atoms with Crippen LogP contribution in [0.3, 0.4) is 0 Å². The molecular weight excluding hydrogens is 386 g/mol. The van der Waals surface area contributed by atoms with Gasteiger partial charge in [-0.2, -0.15) is 4.99 Å². The number of nitrogens with zero attached hydrogens (tertiary/aromatic N) is 4. The third kappa shape index (κ3) is 3.44. The molecule has 1 aromatic heterocycles. The first kappa shape index (κ1) is 19.6. The number of H-pyrrole nitrogens is 1. The molecule has 7 heteroatoms.